The maximum atomic E-state index is 13.5. The molecule has 212 valence electrons. The molecule has 7 nitrogen and oxygen atoms in total. The third-order valence-corrected chi connectivity index (χ3v) is 7.77. The van der Waals surface area contributed by atoms with Gasteiger partial charge in [-0.15, -0.1) is 6.58 Å². The van der Waals surface area contributed by atoms with Crippen LogP contribution in [0.3, 0.4) is 0 Å². The van der Waals surface area contributed by atoms with E-state index in [1.165, 1.54) is 6.08 Å². The highest BCUT2D eigenvalue weighted by Crippen LogP contribution is 2.36. The summed E-state index contributed by atoms with van der Waals surface area (Å²) in [5, 5.41) is 4.51. The Morgan fingerprint density at radius 1 is 0.952 bits per heavy atom. The molecular formula is C34H29BrN2O5. The van der Waals surface area contributed by atoms with Gasteiger partial charge in [-0.3, -0.25) is 14.9 Å². The van der Waals surface area contributed by atoms with Gasteiger partial charge >= 0.3 is 6.03 Å². The summed E-state index contributed by atoms with van der Waals surface area (Å²) in [5.74, 6) is -0.447. The molecule has 0 unspecified atom stereocenters. The zero-order chi connectivity index (χ0) is 29.8. The molecule has 4 amide bonds. The SMILES string of the molecule is C=CCc1cc(/C=C2\C(=O)NC(=O)N(c3ccc(Br)c(C)c3)C2=O)cc(OCC)c1OCc1cccc2ccccc12. The number of amides is 4. The third-order valence-electron chi connectivity index (χ3n) is 6.88. The van der Waals surface area contributed by atoms with Crippen molar-refractivity contribution in [3.8, 4) is 11.5 Å². The molecule has 1 heterocycles. The monoisotopic (exact) mass is 624 g/mol. The molecule has 42 heavy (non-hydrogen) atoms. The number of barbiturate groups is 1. The Balaban J connectivity index is 1.52. The molecule has 0 radical (unpaired) electrons. The van der Waals surface area contributed by atoms with Crippen molar-refractivity contribution in [3.05, 3.63) is 118 Å². The number of carbonyl (C=O) groups is 3. The molecule has 4 aromatic rings. The van der Waals surface area contributed by atoms with Crippen molar-refractivity contribution in [3.63, 3.8) is 0 Å². The Labute approximate surface area is 252 Å². The van der Waals surface area contributed by atoms with Crippen molar-refractivity contribution in [1.29, 1.82) is 0 Å². The van der Waals surface area contributed by atoms with Crippen LogP contribution in [0, 0.1) is 6.92 Å². The van der Waals surface area contributed by atoms with Crippen LogP contribution in [-0.4, -0.2) is 24.5 Å². The van der Waals surface area contributed by atoms with Crippen LogP contribution < -0.4 is 19.7 Å². The van der Waals surface area contributed by atoms with Gasteiger partial charge in [0, 0.05) is 10.0 Å². The van der Waals surface area contributed by atoms with E-state index in [0.29, 0.717) is 42.4 Å². The molecule has 1 N–H and O–H groups in total. The molecule has 0 atom stereocenters. The Hall–Kier alpha value is -4.69. The van der Waals surface area contributed by atoms with Crippen LogP contribution in [0.4, 0.5) is 10.5 Å². The minimum Gasteiger partial charge on any atom is -0.490 e. The number of imide groups is 2. The number of allylic oxidation sites excluding steroid dienone is 1. The normalized spacial score (nSPS) is 14.3. The highest BCUT2D eigenvalue weighted by Gasteiger charge is 2.37. The minimum atomic E-state index is -0.802. The van der Waals surface area contributed by atoms with E-state index in [9.17, 15) is 14.4 Å². The number of aryl methyl sites for hydroxylation is 1. The van der Waals surface area contributed by atoms with E-state index in [-0.39, 0.29) is 5.57 Å². The number of benzene rings is 4. The Kier molecular flexibility index (Phi) is 8.54. The van der Waals surface area contributed by atoms with Crippen molar-refractivity contribution in [2.24, 2.45) is 0 Å². The smallest absolute Gasteiger partial charge is 0.335 e. The lowest BCUT2D eigenvalue weighted by Gasteiger charge is -2.27. The van der Waals surface area contributed by atoms with Crippen molar-refractivity contribution in [2.75, 3.05) is 11.5 Å². The second kappa shape index (κ2) is 12.4. The summed E-state index contributed by atoms with van der Waals surface area (Å²) in [6.45, 7) is 8.30. The summed E-state index contributed by atoms with van der Waals surface area (Å²) in [7, 11) is 0. The van der Waals surface area contributed by atoms with E-state index >= 15 is 0 Å². The van der Waals surface area contributed by atoms with E-state index in [2.05, 4.69) is 46.0 Å². The summed E-state index contributed by atoms with van der Waals surface area (Å²) in [5.41, 5.74) is 3.38. The van der Waals surface area contributed by atoms with E-state index in [1.807, 2.05) is 44.2 Å². The van der Waals surface area contributed by atoms with Gasteiger partial charge in [-0.25, -0.2) is 9.69 Å². The first-order valence-corrected chi connectivity index (χ1v) is 14.3. The first-order valence-electron chi connectivity index (χ1n) is 13.5. The van der Waals surface area contributed by atoms with Gasteiger partial charge in [-0.2, -0.15) is 0 Å². The van der Waals surface area contributed by atoms with E-state index in [0.717, 1.165) is 36.8 Å². The van der Waals surface area contributed by atoms with Gasteiger partial charge in [0.2, 0.25) is 0 Å². The third kappa shape index (κ3) is 5.85. The number of anilines is 1. The molecule has 0 aromatic heterocycles. The zero-order valence-electron chi connectivity index (χ0n) is 23.3. The molecule has 5 rings (SSSR count). The van der Waals surface area contributed by atoms with Crippen LogP contribution in [0.25, 0.3) is 16.8 Å². The molecule has 1 saturated heterocycles. The summed E-state index contributed by atoms with van der Waals surface area (Å²) >= 11 is 3.43. The predicted molar refractivity (Wildman–Crippen MR) is 168 cm³/mol. The molecule has 8 heteroatoms. The van der Waals surface area contributed by atoms with Crippen LogP contribution in [-0.2, 0) is 22.6 Å². The summed E-state index contributed by atoms with van der Waals surface area (Å²) in [6.07, 6.45) is 3.68. The highest BCUT2D eigenvalue weighted by molar-refractivity contribution is 9.10. The zero-order valence-corrected chi connectivity index (χ0v) is 24.9. The fraction of sp³-hybridized carbons (Fsp3) is 0.147. The molecule has 1 aliphatic heterocycles. The van der Waals surface area contributed by atoms with Gasteiger partial charge in [-0.1, -0.05) is 64.5 Å². The number of urea groups is 1. The largest absolute Gasteiger partial charge is 0.490 e. The Morgan fingerprint density at radius 2 is 1.74 bits per heavy atom. The molecule has 0 aliphatic carbocycles. The molecule has 4 aromatic carbocycles. The first-order chi connectivity index (χ1) is 20.3. The van der Waals surface area contributed by atoms with Crippen molar-refractivity contribution in [2.45, 2.75) is 26.9 Å². The number of nitrogens with one attached hydrogen (secondary N) is 1. The summed E-state index contributed by atoms with van der Waals surface area (Å²) < 4.78 is 13.2. The highest BCUT2D eigenvalue weighted by atomic mass is 79.9. The van der Waals surface area contributed by atoms with Crippen molar-refractivity contribution in [1.82, 2.24) is 5.32 Å². The number of hydrogen-bond donors (Lipinski definition) is 1. The summed E-state index contributed by atoms with van der Waals surface area (Å²) in [4.78, 5) is 40.0. The topological polar surface area (TPSA) is 84.9 Å². The first kappa shape index (κ1) is 28.8. The van der Waals surface area contributed by atoms with Crippen molar-refractivity contribution < 1.29 is 23.9 Å². The van der Waals surface area contributed by atoms with Crippen molar-refractivity contribution >= 4 is 56.3 Å². The molecule has 0 spiro atoms. The molecule has 0 saturated carbocycles. The van der Waals surface area contributed by atoms with Gasteiger partial charge in [0.1, 0.15) is 12.2 Å². The fourth-order valence-corrected chi connectivity index (χ4v) is 5.14. The number of fused-ring (bicyclic) bond motifs is 1. The average molecular weight is 626 g/mol. The maximum Gasteiger partial charge on any atom is 0.335 e. The number of nitrogens with zero attached hydrogens (tertiary/aromatic N) is 1. The number of ether oxygens (including phenoxy) is 2. The Morgan fingerprint density at radius 3 is 2.50 bits per heavy atom. The number of hydrogen-bond acceptors (Lipinski definition) is 5. The maximum absolute atomic E-state index is 13.5. The number of rotatable bonds is 9. The van der Waals surface area contributed by atoms with Crippen LogP contribution in [0.1, 0.15) is 29.2 Å². The van der Waals surface area contributed by atoms with E-state index < -0.39 is 17.8 Å². The lowest BCUT2D eigenvalue weighted by atomic mass is 10.0. The van der Waals surface area contributed by atoms with Crippen LogP contribution in [0.5, 0.6) is 11.5 Å². The lowest BCUT2D eigenvalue weighted by molar-refractivity contribution is -0.122. The molecule has 1 fully saturated rings. The van der Waals surface area contributed by atoms with Crippen LogP contribution in [0.2, 0.25) is 0 Å². The minimum absolute atomic E-state index is 0.174. The van der Waals surface area contributed by atoms with Gasteiger partial charge in [0.15, 0.2) is 11.5 Å². The van der Waals surface area contributed by atoms with Crippen LogP contribution in [0.15, 0.2) is 95.5 Å². The predicted octanol–water partition coefficient (Wildman–Crippen LogP) is 7.28. The average Bonchev–Trinajstić information content (AvgIpc) is 2.97. The standard InChI is InChI=1S/C34H29BrN2O5/c1-4-9-24-17-22(18-28-32(38)36-34(40)37(33(28)39)26-14-15-29(35)21(3)16-26)19-30(41-5-2)31(24)42-20-25-12-8-11-23-10-6-7-13-27(23)25/h4,6-8,10-19H,1,5,9,20H2,2-3H3,(H,36,38,40)/b28-18+. The van der Waals surface area contributed by atoms with E-state index in [1.54, 1.807) is 30.3 Å². The molecule has 1 aliphatic rings. The second-order valence-corrected chi connectivity index (χ2v) is 10.6. The van der Waals surface area contributed by atoms with Gasteiger partial charge in [-0.05, 0) is 84.1 Å². The van der Waals surface area contributed by atoms with Crippen LogP contribution >= 0.6 is 15.9 Å². The molecule has 0 bridgehead atoms. The van der Waals surface area contributed by atoms with Gasteiger partial charge < -0.3 is 9.47 Å². The second-order valence-electron chi connectivity index (χ2n) is 9.75. The Bertz CT molecular complexity index is 1760. The fourth-order valence-electron chi connectivity index (χ4n) is 4.90. The van der Waals surface area contributed by atoms with Gasteiger partial charge in [0.25, 0.3) is 11.8 Å². The number of carbonyl (C=O) groups excluding carboxylic acids is 3. The summed E-state index contributed by atoms with van der Waals surface area (Å²) in [6, 6.07) is 22.1. The van der Waals surface area contributed by atoms with E-state index in [4.69, 9.17) is 9.47 Å². The number of halogens is 1. The molecular weight excluding hydrogens is 596 g/mol. The lowest BCUT2D eigenvalue weighted by Crippen LogP contribution is -2.54. The quantitative estimate of drug-likeness (QED) is 0.120. The van der Waals surface area contributed by atoms with Gasteiger partial charge in [0.05, 0.1) is 12.3 Å².